The first-order valence-corrected chi connectivity index (χ1v) is 8.45. The highest BCUT2D eigenvalue weighted by atomic mass is 19.4. The number of halogens is 3. The minimum Gasteiger partial charge on any atom is -0.348 e. The standard InChI is InChI=1S/C18H21F3N4O/c1-24-9-7-14(8-10-24)22-17(26)16-11-15(23-25(16)2)12-3-5-13(6-4-12)18(19,20)21/h3-6,11,14H,7-10H2,1-2H3,(H,22,26). The SMILES string of the molecule is CN1CCC(NC(=O)c2cc(-c3ccc(C(F)(F)F)cc3)nn2C)CC1. The second kappa shape index (κ2) is 7.11. The third-order valence-electron chi connectivity index (χ3n) is 4.67. The molecule has 0 aliphatic carbocycles. The Labute approximate surface area is 149 Å². The molecule has 26 heavy (non-hydrogen) atoms. The van der Waals surface area contributed by atoms with Gasteiger partial charge < -0.3 is 10.2 Å². The van der Waals surface area contributed by atoms with Gasteiger partial charge in [0.05, 0.1) is 11.3 Å². The van der Waals surface area contributed by atoms with Gasteiger partial charge in [-0.15, -0.1) is 0 Å². The molecule has 8 heteroatoms. The third kappa shape index (κ3) is 4.07. The Bertz CT molecular complexity index is 775. The number of aryl methyl sites for hydroxylation is 1. The lowest BCUT2D eigenvalue weighted by Crippen LogP contribution is -2.43. The molecular weight excluding hydrogens is 345 g/mol. The summed E-state index contributed by atoms with van der Waals surface area (Å²) >= 11 is 0. The van der Waals surface area contributed by atoms with E-state index in [4.69, 9.17) is 0 Å². The van der Waals surface area contributed by atoms with Crippen molar-refractivity contribution in [3.05, 3.63) is 41.6 Å². The fourth-order valence-corrected chi connectivity index (χ4v) is 3.06. The lowest BCUT2D eigenvalue weighted by Gasteiger charge is -2.29. The number of carbonyl (C=O) groups is 1. The molecule has 1 saturated heterocycles. The van der Waals surface area contributed by atoms with Gasteiger partial charge in [0.1, 0.15) is 5.69 Å². The van der Waals surface area contributed by atoms with Gasteiger partial charge in [-0.05, 0) is 51.2 Å². The molecule has 1 aliphatic rings. The van der Waals surface area contributed by atoms with E-state index in [2.05, 4.69) is 22.4 Å². The van der Waals surface area contributed by atoms with E-state index in [1.165, 1.54) is 16.8 Å². The van der Waals surface area contributed by atoms with Crippen molar-refractivity contribution in [3.8, 4) is 11.3 Å². The van der Waals surface area contributed by atoms with Crippen molar-refractivity contribution in [3.63, 3.8) is 0 Å². The number of hydrogen-bond acceptors (Lipinski definition) is 3. The Morgan fingerprint density at radius 2 is 1.77 bits per heavy atom. The van der Waals surface area contributed by atoms with Crippen LogP contribution in [0.5, 0.6) is 0 Å². The van der Waals surface area contributed by atoms with Crippen molar-refractivity contribution in [1.82, 2.24) is 20.0 Å². The van der Waals surface area contributed by atoms with Crippen molar-refractivity contribution in [1.29, 1.82) is 0 Å². The van der Waals surface area contributed by atoms with E-state index in [9.17, 15) is 18.0 Å². The number of aromatic nitrogens is 2. The lowest BCUT2D eigenvalue weighted by molar-refractivity contribution is -0.137. The Hall–Kier alpha value is -2.35. The predicted molar refractivity (Wildman–Crippen MR) is 91.6 cm³/mol. The highest BCUT2D eigenvalue weighted by molar-refractivity contribution is 5.93. The number of likely N-dealkylation sites (tertiary alicyclic amines) is 1. The van der Waals surface area contributed by atoms with Gasteiger partial charge in [0.15, 0.2) is 0 Å². The first-order valence-electron chi connectivity index (χ1n) is 8.45. The van der Waals surface area contributed by atoms with Gasteiger partial charge in [0.25, 0.3) is 5.91 Å². The van der Waals surface area contributed by atoms with Crippen LogP contribution in [0.15, 0.2) is 30.3 Å². The van der Waals surface area contributed by atoms with Crippen LogP contribution in [0.3, 0.4) is 0 Å². The molecule has 0 saturated carbocycles. The third-order valence-corrected chi connectivity index (χ3v) is 4.67. The van der Waals surface area contributed by atoms with Crippen molar-refractivity contribution >= 4 is 5.91 Å². The summed E-state index contributed by atoms with van der Waals surface area (Å²) in [6, 6.07) is 6.49. The number of nitrogens with zero attached hydrogens (tertiary/aromatic N) is 3. The summed E-state index contributed by atoms with van der Waals surface area (Å²) in [5.74, 6) is -0.215. The Kier molecular flexibility index (Phi) is 5.04. The molecule has 1 aliphatic heterocycles. The van der Waals surface area contributed by atoms with Crippen molar-refractivity contribution in [2.24, 2.45) is 7.05 Å². The lowest BCUT2D eigenvalue weighted by atomic mass is 10.1. The highest BCUT2D eigenvalue weighted by Gasteiger charge is 2.30. The van der Waals surface area contributed by atoms with Crippen LogP contribution in [-0.2, 0) is 13.2 Å². The van der Waals surface area contributed by atoms with E-state index in [0.29, 0.717) is 17.0 Å². The summed E-state index contributed by atoms with van der Waals surface area (Å²) in [5, 5.41) is 7.28. The maximum absolute atomic E-state index is 12.7. The van der Waals surface area contributed by atoms with Crippen LogP contribution in [0, 0.1) is 0 Å². The average Bonchev–Trinajstić information content (AvgIpc) is 2.98. The highest BCUT2D eigenvalue weighted by Crippen LogP contribution is 2.30. The zero-order valence-electron chi connectivity index (χ0n) is 14.7. The molecule has 3 rings (SSSR count). The molecular formula is C18H21F3N4O. The quantitative estimate of drug-likeness (QED) is 0.909. The summed E-state index contributed by atoms with van der Waals surface area (Å²) in [7, 11) is 3.70. The number of carbonyl (C=O) groups excluding carboxylic acids is 1. The molecule has 1 aromatic carbocycles. The summed E-state index contributed by atoms with van der Waals surface area (Å²) in [4.78, 5) is 14.7. The first-order chi connectivity index (χ1) is 12.2. The fourth-order valence-electron chi connectivity index (χ4n) is 3.06. The predicted octanol–water partition coefficient (Wildman–Crippen LogP) is 2.93. The molecule has 1 fully saturated rings. The van der Waals surface area contributed by atoms with Crippen LogP contribution >= 0.6 is 0 Å². The summed E-state index contributed by atoms with van der Waals surface area (Å²) in [6.45, 7) is 1.88. The van der Waals surface area contributed by atoms with E-state index in [0.717, 1.165) is 38.1 Å². The molecule has 0 spiro atoms. The molecule has 5 nitrogen and oxygen atoms in total. The van der Waals surface area contributed by atoms with Crippen LogP contribution < -0.4 is 5.32 Å². The first kappa shape index (κ1) is 18.4. The number of amides is 1. The summed E-state index contributed by atoms with van der Waals surface area (Å²) in [5.41, 5.74) is 0.679. The van der Waals surface area contributed by atoms with Crippen LogP contribution in [0.25, 0.3) is 11.3 Å². The molecule has 1 N–H and O–H groups in total. The Balaban J connectivity index is 1.73. The van der Waals surface area contributed by atoms with E-state index < -0.39 is 11.7 Å². The molecule has 1 amide bonds. The number of nitrogens with one attached hydrogen (secondary N) is 1. The van der Waals surface area contributed by atoms with E-state index in [1.54, 1.807) is 13.1 Å². The monoisotopic (exact) mass is 366 g/mol. The van der Waals surface area contributed by atoms with Gasteiger partial charge in [-0.2, -0.15) is 18.3 Å². The number of piperidine rings is 1. The minimum atomic E-state index is -4.37. The van der Waals surface area contributed by atoms with Gasteiger partial charge in [-0.1, -0.05) is 12.1 Å². The maximum atomic E-state index is 12.7. The minimum absolute atomic E-state index is 0.128. The topological polar surface area (TPSA) is 50.2 Å². The van der Waals surface area contributed by atoms with E-state index in [-0.39, 0.29) is 11.9 Å². The fraction of sp³-hybridized carbons (Fsp3) is 0.444. The molecule has 0 atom stereocenters. The van der Waals surface area contributed by atoms with Crippen molar-refractivity contribution < 1.29 is 18.0 Å². The van der Waals surface area contributed by atoms with Gasteiger partial charge in [-0.3, -0.25) is 9.48 Å². The van der Waals surface area contributed by atoms with Crippen LogP contribution in [0.4, 0.5) is 13.2 Å². The van der Waals surface area contributed by atoms with E-state index >= 15 is 0 Å². The zero-order chi connectivity index (χ0) is 18.9. The molecule has 2 aromatic rings. The van der Waals surface area contributed by atoms with Crippen LogP contribution in [-0.4, -0.2) is 46.8 Å². The maximum Gasteiger partial charge on any atom is 0.416 e. The summed E-state index contributed by atoms with van der Waals surface area (Å²) in [6.07, 6.45) is -2.58. The molecule has 140 valence electrons. The second-order valence-electron chi connectivity index (χ2n) is 6.66. The van der Waals surface area contributed by atoms with E-state index in [1.807, 2.05) is 0 Å². The van der Waals surface area contributed by atoms with Crippen LogP contribution in [0.1, 0.15) is 28.9 Å². The van der Waals surface area contributed by atoms with Crippen molar-refractivity contribution in [2.75, 3.05) is 20.1 Å². The van der Waals surface area contributed by atoms with Gasteiger partial charge in [0.2, 0.25) is 0 Å². The number of hydrogen-bond donors (Lipinski definition) is 1. The molecule has 0 unspecified atom stereocenters. The average molecular weight is 366 g/mol. The molecule has 1 aromatic heterocycles. The molecule has 0 bridgehead atoms. The number of benzene rings is 1. The summed E-state index contributed by atoms with van der Waals surface area (Å²) < 4.78 is 39.5. The Morgan fingerprint density at radius 3 is 2.35 bits per heavy atom. The normalized spacial score (nSPS) is 16.7. The van der Waals surface area contributed by atoms with Gasteiger partial charge in [0, 0.05) is 18.7 Å². The zero-order valence-corrected chi connectivity index (χ0v) is 14.7. The molecule has 2 heterocycles. The molecule has 0 radical (unpaired) electrons. The number of alkyl halides is 3. The Morgan fingerprint density at radius 1 is 1.15 bits per heavy atom. The van der Waals surface area contributed by atoms with Crippen molar-refractivity contribution in [2.45, 2.75) is 25.1 Å². The van der Waals surface area contributed by atoms with Gasteiger partial charge in [-0.25, -0.2) is 0 Å². The van der Waals surface area contributed by atoms with Gasteiger partial charge >= 0.3 is 6.18 Å². The largest absolute Gasteiger partial charge is 0.416 e. The van der Waals surface area contributed by atoms with Crippen LogP contribution in [0.2, 0.25) is 0 Å². The second-order valence-corrected chi connectivity index (χ2v) is 6.66. The smallest absolute Gasteiger partial charge is 0.348 e. The number of rotatable bonds is 3.